The average molecular weight is 439 g/mol. The molecule has 5 nitrogen and oxygen atoms in total. The quantitative estimate of drug-likeness (QED) is 0.359. The molecule has 4 rings (SSSR count). The zero-order valence-corrected chi connectivity index (χ0v) is 18.4. The molecule has 0 aliphatic rings. The molecule has 1 heterocycles. The molecule has 4 aromatic rings. The van der Waals surface area contributed by atoms with Gasteiger partial charge < -0.3 is 9.84 Å². The van der Waals surface area contributed by atoms with E-state index >= 15 is 0 Å². The maximum Gasteiger partial charge on any atom is 0.341 e. The van der Waals surface area contributed by atoms with Gasteiger partial charge >= 0.3 is 5.97 Å². The van der Waals surface area contributed by atoms with Crippen molar-refractivity contribution < 1.29 is 14.6 Å². The van der Waals surface area contributed by atoms with Gasteiger partial charge in [0.15, 0.2) is 6.61 Å². The molecule has 1 atom stereocenters. The lowest BCUT2D eigenvalue weighted by atomic mass is 9.87. The second-order valence-corrected chi connectivity index (χ2v) is 7.86. The van der Waals surface area contributed by atoms with E-state index in [2.05, 4.69) is 72.8 Å². The third kappa shape index (κ3) is 5.77. The molecule has 33 heavy (non-hydrogen) atoms. The summed E-state index contributed by atoms with van der Waals surface area (Å²) >= 11 is 0. The lowest BCUT2D eigenvalue weighted by Gasteiger charge is -2.17. The van der Waals surface area contributed by atoms with Crippen LogP contribution in [0.15, 0.2) is 103 Å². The van der Waals surface area contributed by atoms with Crippen molar-refractivity contribution >= 4 is 12.0 Å². The highest BCUT2D eigenvalue weighted by molar-refractivity contribution is 5.68. The fraction of sp³-hybridized carbons (Fsp3) is 0.143. The zero-order chi connectivity index (χ0) is 23.0. The minimum absolute atomic E-state index is 0.0366. The van der Waals surface area contributed by atoms with Gasteiger partial charge in [-0.1, -0.05) is 84.9 Å². The molecule has 0 saturated heterocycles. The number of carbonyl (C=O) groups is 1. The second-order valence-electron chi connectivity index (χ2n) is 7.86. The molecule has 0 aliphatic heterocycles. The number of allylic oxidation sites excluding steroid dienone is 1. The Morgan fingerprint density at radius 1 is 0.970 bits per heavy atom. The highest BCUT2D eigenvalue weighted by atomic mass is 16.5. The Bertz CT molecular complexity index is 1180. The summed E-state index contributed by atoms with van der Waals surface area (Å²) in [5.41, 5.74) is 4.52. The van der Waals surface area contributed by atoms with Gasteiger partial charge in [-0.15, -0.1) is 0 Å². The van der Waals surface area contributed by atoms with Crippen LogP contribution in [0.1, 0.15) is 41.1 Å². The first-order chi connectivity index (χ1) is 16.1. The van der Waals surface area contributed by atoms with Crippen molar-refractivity contribution in [3.05, 3.63) is 126 Å². The van der Waals surface area contributed by atoms with Crippen molar-refractivity contribution in [1.29, 1.82) is 0 Å². The fourth-order valence-electron chi connectivity index (χ4n) is 3.78. The van der Waals surface area contributed by atoms with E-state index in [0.717, 1.165) is 11.1 Å². The first-order valence-corrected chi connectivity index (χ1v) is 10.9. The number of benzene rings is 3. The Kier molecular flexibility index (Phi) is 7.00. The lowest BCUT2D eigenvalue weighted by Crippen LogP contribution is -2.09. The highest BCUT2D eigenvalue weighted by Crippen LogP contribution is 2.32. The molecule has 1 N–H and O–H groups in total. The molecular weight excluding hydrogens is 412 g/mol. The lowest BCUT2D eigenvalue weighted by molar-refractivity contribution is -0.139. The predicted octanol–water partition coefficient (Wildman–Crippen LogP) is 5.80. The molecule has 3 aromatic carbocycles. The first-order valence-electron chi connectivity index (χ1n) is 10.9. The molecule has 0 amide bonds. The van der Waals surface area contributed by atoms with E-state index in [1.807, 2.05) is 47.3 Å². The molecule has 1 unspecified atom stereocenters. The van der Waals surface area contributed by atoms with Crippen molar-refractivity contribution in [2.45, 2.75) is 18.9 Å². The molecule has 0 fully saturated rings. The van der Waals surface area contributed by atoms with Crippen LogP contribution in [0.2, 0.25) is 0 Å². The molecule has 5 heteroatoms. The van der Waals surface area contributed by atoms with Crippen LogP contribution in [0.4, 0.5) is 0 Å². The van der Waals surface area contributed by atoms with Gasteiger partial charge in [-0.3, -0.25) is 4.68 Å². The van der Waals surface area contributed by atoms with Gasteiger partial charge in [-0.2, -0.15) is 5.10 Å². The minimum atomic E-state index is -0.997. The Morgan fingerprint density at radius 3 is 2.27 bits per heavy atom. The molecule has 0 saturated carbocycles. The van der Waals surface area contributed by atoms with E-state index in [0.29, 0.717) is 5.75 Å². The van der Waals surface area contributed by atoms with Gasteiger partial charge in [0.1, 0.15) is 5.75 Å². The van der Waals surface area contributed by atoms with Gasteiger partial charge in [0.25, 0.3) is 0 Å². The number of nitrogens with zero attached hydrogens (tertiary/aromatic N) is 2. The normalized spacial score (nSPS) is 12.2. The number of hydrogen-bond donors (Lipinski definition) is 1. The van der Waals surface area contributed by atoms with E-state index in [-0.39, 0.29) is 18.6 Å². The summed E-state index contributed by atoms with van der Waals surface area (Å²) < 4.78 is 7.22. The van der Waals surface area contributed by atoms with Crippen LogP contribution in [0.3, 0.4) is 0 Å². The van der Waals surface area contributed by atoms with Gasteiger partial charge in [0, 0.05) is 17.7 Å². The summed E-state index contributed by atoms with van der Waals surface area (Å²) in [5.74, 6) is -0.356. The zero-order valence-electron chi connectivity index (χ0n) is 18.4. The van der Waals surface area contributed by atoms with Crippen LogP contribution in [0.5, 0.6) is 5.75 Å². The van der Waals surface area contributed by atoms with Crippen LogP contribution >= 0.6 is 0 Å². The van der Waals surface area contributed by atoms with E-state index < -0.39 is 5.97 Å². The highest BCUT2D eigenvalue weighted by Gasteiger charge is 2.18. The van der Waals surface area contributed by atoms with Crippen molar-refractivity contribution in [1.82, 2.24) is 9.78 Å². The number of hydrogen-bond acceptors (Lipinski definition) is 3. The van der Waals surface area contributed by atoms with Crippen molar-refractivity contribution in [3.63, 3.8) is 0 Å². The standard InChI is InChI=1S/C28H26N2O3/c1-21(15-16-22-9-8-14-26(17-22)33-20-27(31)32)30-19-25(18-29-30)28(23-10-4-2-5-11-23)24-12-6-3-7-13-24/h2-19,21,28H,20H2,1H3,(H,31,32). The van der Waals surface area contributed by atoms with Crippen molar-refractivity contribution in [2.24, 2.45) is 0 Å². The maximum atomic E-state index is 10.7. The van der Waals surface area contributed by atoms with Gasteiger partial charge in [0.05, 0.1) is 12.2 Å². The number of rotatable bonds is 9. The summed E-state index contributed by atoms with van der Waals surface area (Å²) in [6.45, 7) is 1.72. The second kappa shape index (κ2) is 10.5. The molecular formula is C28H26N2O3. The maximum absolute atomic E-state index is 10.7. The third-order valence-electron chi connectivity index (χ3n) is 5.43. The number of aromatic nitrogens is 2. The number of carboxylic acids is 1. The molecule has 0 bridgehead atoms. The Labute approximate surface area is 193 Å². The van der Waals surface area contributed by atoms with Gasteiger partial charge in [0.2, 0.25) is 0 Å². The molecule has 0 aliphatic carbocycles. The summed E-state index contributed by atoms with van der Waals surface area (Å²) in [6, 6.07) is 28.3. The van der Waals surface area contributed by atoms with Gasteiger partial charge in [-0.25, -0.2) is 4.79 Å². The predicted molar refractivity (Wildman–Crippen MR) is 129 cm³/mol. The summed E-state index contributed by atoms with van der Waals surface area (Å²) in [7, 11) is 0. The molecule has 166 valence electrons. The Morgan fingerprint density at radius 2 is 1.64 bits per heavy atom. The molecule has 0 radical (unpaired) electrons. The Balaban J connectivity index is 1.53. The van der Waals surface area contributed by atoms with Crippen LogP contribution < -0.4 is 4.74 Å². The molecule has 0 spiro atoms. The smallest absolute Gasteiger partial charge is 0.341 e. The monoisotopic (exact) mass is 438 g/mol. The van der Waals surface area contributed by atoms with E-state index in [1.165, 1.54) is 11.1 Å². The van der Waals surface area contributed by atoms with E-state index in [9.17, 15) is 4.79 Å². The summed E-state index contributed by atoms with van der Waals surface area (Å²) in [4.78, 5) is 10.7. The average Bonchev–Trinajstić information content (AvgIpc) is 3.33. The van der Waals surface area contributed by atoms with Crippen molar-refractivity contribution in [2.75, 3.05) is 6.61 Å². The van der Waals surface area contributed by atoms with Crippen LogP contribution in [0, 0.1) is 0 Å². The van der Waals surface area contributed by atoms with Crippen LogP contribution in [-0.4, -0.2) is 27.5 Å². The van der Waals surface area contributed by atoms with Gasteiger partial charge in [-0.05, 0) is 35.7 Å². The molecule has 1 aromatic heterocycles. The van der Waals surface area contributed by atoms with Crippen molar-refractivity contribution in [3.8, 4) is 5.75 Å². The number of aliphatic carboxylic acids is 1. The van der Waals surface area contributed by atoms with E-state index in [4.69, 9.17) is 9.84 Å². The fourth-order valence-corrected chi connectivity index (χ4v) is 3.78. The SMILES string of the molecule is CC(C=Cc1cccc(OCC(=O)O)c1)n1cc(C(c2ccccc2)c2ccccc2)cn1. The van der Waals surface area contributed by atoms with Crippen LogP contribution in [0.25, 0.3) is 6.08 Å². The summed E-state index contributed by atoms with van der Waals surface area (Å²) in [6.07, 6.45) is 8.10. The largest absolute Gasteiger partial charge is 0.482 e. The number of ether oxygens (including phenoxy) is 1. The first kappa shape index (κ1) is 22.1. The topological polar surface area (TPSA) is 64.3 Å². The van der Waals surface area contributed by atoms with Crippen LogP contribution in [-0.2, 0) is 4.79 Å². The summed E-state index contributed by atoms with van der Waals surface area (Å²) in [5, 5.41) is 13.4. The third-order valence-corrected chi connectivity index (χ3v) is 5.43. The Hall–Kier alpha value is -4.12. The minimum Gasteiger partial charge on any atom is -0.482 e. The van der Waals surface area contributed by atoms with E-state index in [1.54, 1.807) is 6.07 Å². The number of carboxylic acid groups (broad SMARTS) is 1.